The summed E-state index contributed by atoms with van der Waals surface area (Å²) in [6.45, 7) is 1.86. The van der Waals surface area contributed by atoms with E-state index in [4.69, 9.17) is 11.6 Å². The van der Waals surface area contributed by atoms with E-state index >= 15 is 0 Å². The first-order chi connectivity index (χ1) is 4.22. The van der Waals surface area contributed by atoms with Gasteiger partial charge in [-0.3, -0.25) is 0 Å². The predicted molar refractivity (Wildman–Crippen MR) is 31.8 cm³/mol. The number of halogens is 1. The van der Waals surface area contributed by atoms with Gasteiger partial charge in [0.05, 0.1) is 6.61 Å². The number of carbonyl (C=O) groups is 2. The van der Waals surface area contributed by atoms with Crippen LogP contribution in [-0.2, 0) is 14.3 Å². The molecule has 0 aliphatic carbocycles. The standard InChI is InChI=1S/C5H6ClO3/c1-2-9-5(8)4(6)3-7/h3H,2H2,1H3. The molecule has 4 heteroatoms. The molecule has 0 bridgehead atoms. The Kier molecular flexibility index (Phi) is 4.05. The van der Waals surface area contributed by atoms with Crippen LogP contribution in [0.15, 0.2) is 0 Å². The quantitative estimate of drug-likeness (QED) is 0.334. The minimum absolute atomic E-state index is 0.225. The third-order valence-corrected chi connectivity index (χ3v) is 0.817. The van der Waals surface area contributed by atoms with Crippen LogP contribution in [0.2, 0.25) is 0 Å². The van der Waals surface area contributed by atoms with Crippen molar-refractivity contribution < 1.29 is 14.3 Å². The van der Waals surface area contributed by atoms with Crippen molar-refractivity contribution in [3.8, 4) is 0 Å². The average Bonchev–Trinajstić information content (AvgIpc) is 1.87. The van der Waals surface area contributed by atoms with E-state index in [0.29, 0.717) is 0 Å². The van der Waals surface area contributed by atoms with E-state index in [2.05, 4.69) is 4.74 Å². The van der Waals surface area contributed by atoms with Crippen LogP contribution in [0.1, 0.15) is 6.92 Å². The van der Waals surface area contributed by atoms with Gasteiger partial charge in [0.1, 0.15) is 0 Å². The molecule has 0 N–H and O–H groups in total. The Hall–Kier alpha value is -0.570. The van der Waals surface area contributed by atoms with E-state index < -0.39 is 11.3 Å². The molecule has 0 rings (SSSR count). The Bertz CT molecular complexity index is 113. The molecule has 0 spiro atoms. The molecular formula is C5H6ClO3. The summed E-state index contributed by atoms with van der Waals surface area (Å²) in [6, 6.07) is 0. The molecule has 51 valence electrons. The fraction of sp³-hybridized carbons (Fsp3) is 0.400. The molecule has 0 aliphatic heterocycles. The summed E-state index contributed by atoms with van der Waals surface area (Å²) in [5.41, 5.74) is 0. The van der Waals surface area contributed by atoms with Crippen LogP contribution in [0.3, 0.4) is 0 Å². The first-order valence-corrected chi connectivity index (χ1v) is 2.75. The van der Waals surface area contributed by atoms with Crippen molar-refractivity contribution in [3.63, 3.8) is 0 Å². The molecule has 0 unspecified atom stereocenters. The van der Waals surface area contributed by atoms with Crippen molar-refractivity contribution in [1.29, 1.82) is 0 Å². The zero-order valence-corrected chi connectivity index (χ0v) is 5.64. The minimum atomic E-state index is -0.769. The molecule has 3 nitrogen and oxygen atoms in total. The molecule has 0 saturated carbocycles. The second-order valence-electron chi connectivity index (χ2n) is 1.19. The number of hydrogen-bond acceptors (Lipinski definition) is 3. The third kappa shape index (κ3) is 3.08. The smallest absolute Gasteiger partial charge is 0.337 e. The van der Waals surface area contributed by atoms with Crippen LogP contribution >= 0.6 is 11.6 Å². The van der Waals surface area contributed by atoms with Gasteiger partial charge in [-0.05, 0) is 6.92 Å². The van der Waals surface area contributed by atoms with Crippen molar-refractivity contribution in [2.75, 3.05) is 6.61 Å². The van der Waals surface area contributed by atoms with Gasteiger partial charge in [-0.25, -0.2) is 4.79 Å². The molecule has 0 amide bonds. The van der Waals surface area contributed by atoms with E-state index in [-0.39, 0.29) is 12.9 Å². The van der Waals surface area contributed by atoms with Crippen molar-refractivity contribution in [3.05, 3.63) is 5.38 Å². The molecule has 0 atom stereocenters. The lowest BCUT2D eigenvalue weighted by Gasteiger charge is -1.98. The Labute approximate surface area is 57.9 Å². The van der Waals surface area contributed by atoms with Crippen LogP contribution < -0.4 is 0 Å². The fourth-order valence-electron chi connectivity index (χ4n) is 0.248. The highest BCUT2D eigenvalue weighted by Gasteiger charge is 2.15. The van der Waals surface area contributed by atoms with Gasteiger partial charge in [0.2, 0.25) is 5.38 Å². The number of rotatable bonds is 3. The summed E-state index contributed by atoms with van der Waals surface area (Å²) in [5.74, 6) is -0.769. The highest BCUT2D eigenvalue weighted by atomic mass is 35.5. The monoisotopic (exact) mass is 149 g/mol. The van der Waals surface area contributed by atoms with E-state index in [9.17, 15) is 9.59 Å². The summed E-state index contributed by atoms with van der Waals surface area (Å²) in [5, 5.41) is -0.420. The van der Waals surface area contributed by atoms with E-state index in [1.165, 1.54) is 0 Å². The molecule has 0 aliphatic rings. The van der Waals surface area contributed by atoms with Gasteiger partial charge < -0.3 is 9.53 Å². The van der Waals surface area contributed by atoms with Gasteiger partial charge in [0.15, 0.2) is 6.29 Å². The Morgan fingerprint density at radius 1 is 1.78 bits per heavy atom. The molecule has 0 aromatic heterocycles. The van der Waals surface area contributed by atoms with Gasteiger partial charge in [0, 0.05) is 0 Å². The van der Waals surface area contributed by atoms with Gasteiger partial charge >= 0.3 is 5.97 Å². The fourth-order valence-corrected chi connectivity index (χ4v) is 0.303. The molecular weight excluding hydrogens is 144 g/mol. The summed E-state index contributed by atoms with van der Waals surface area (Å²) < 4.78 is 4.36. The number of hydrogen-bond donors (Lipinski definition) is 0. The number of carbonyl (C=O) groups excluding carboxylic acids is 2. The van der Waals surface area contributed by atoms with Gasteiger partial charge in [-0.2, -0.15) is 0 Å². The molecule has 9 heavy (non-hydrogen) atoms. The topological polar surface area (TPSA) is 43.4 Å². The maximum absolute atomic E-state index is 10.4. The molecule has 1 radical (unpaired) electrons. The molecule has 0 saturated heterocycles. The SMILES string of the molecule is CCOC(=O)[C](Cl)C=O. The minimum Gasteiger partial charge on any atom is -0.464 e. The maximum Gasteiger partial charge on any atom is 0.337 e. The number of aldehydes is 1. The van der Waals surface area contributed by atoms with Crippen molar-refractivity contribution in [1.82, 2.24) is 0 Å². The van der Waals surface area contributed by atoms with E-state index in [0.717, 1.165) is 0 Å². The zero-order valence-electron chi connectivity index (χ0n) is 4.89. The third-order valence-electron chi connectivity index (χ3n) is 0.574. The van der Waals surface area contributed by atoms with Crippen LogP contribution in [0.5, 0.6) is 0 Å². The van der Waals surface area contributed by atoms with Crippen molar-refractivity contribution in [2.24, 2.45) is 0 Å². The second-order valence-corrected chi connectivity index (χ2v) is 1.59. The molecule has 0 aromatic carbocycles. The van der Waals surface area contributed by atoms with Crippen molar-refractivity contribution in [2.45, 2.75) is 6.92 Å². The lowest BCUT2D eigenvalue weighted by molar-refractivity contribution is -0.140. The number of esters is 1. The number of ether oxygens (including phenoxy) is 1. The Morgan fingerprint density at radius 2 is 2.33 bits per heavy atom. The molecule has 0 fully saturated rings. The summed E-state index contributed by atoms with van der Waals surface area (Å²) in [4.78, 5) is 20.1. The second kappa shape index (κ2) is 4.32. The Balaban J connectivity index is 3.58. The summed E-state index contributed by atoms with van der Waals surface area (Å²) in [7, 11) is 0. The van der Waals surface area contributed by atoms with Crippen LogP contribution in [0.4, 0.5) is 0 Å². The van der Waals surface area contributed by atoms with Gasteiger partial charge in [-0.1, -0.05) is 11.6 Å². The maximum atomic E-state index is 10.4. The summed E-state index contributed by atoms with van der Waals surface area (Å²) in [6.07, 6.45) is 0.250. The van der Waals surface area contributed by atoms with Crippen molar-refractivity contribution >= 4 is 23.9 Å². The molecule has 0 heterocycles. The zero-order chi connectivity index (χ0) is 7.28. The lowest BCUT2D eigenvalue weighted by Crippen LogP contribution is -2.11. The first kappa shape index (κ1) is 8.43. The van der Waals surface area contributed by atoms with E-state index in [1.54, 1.807) is 6.92 Å². The average molecular weight is 150 g/mol. The largest absolute Gasteiger partial charge is 0.464 e. The predicted octanol–water partition coefficient (Wildman–Crippen LogP) is 0.519. The van der Waals surface area contributed by atoms with Gasteiger partial charge in [0.25, 0.3) is 0 Å². The first-order valence-electron chi connectivity index (χ1n) is 2.37. The normalized spacial score (nSPS) is 9.22. The van der Waals surface area contributed by atoms with Crippen LogP contribution in [0, 0.1) is 5.38 Å². The lowest BCUT2D eigenvalue weighted by atomic mass is 10.5. The van der Waals surface area contributed by atoms with Gasteiger partial charge in [-0.15, -0.1) is 0 Å². The van der Waals surface area contributed by atoms with E-state index in [1.807, 2.05) is 0 Å². The molecule has 0 aromatic rings. The highest BCUT2D eigenvalue weighted by molar-refractivity contribution is 6.46. The Morgan fingerprint density at radius 3 is 2.67 bits per heavy atom. The van der Waals surface area contributed by atoms with Crippen LogP contribution in [-0.4, -0.2) is 18.9 Å². The highest BCUT2D eigenvalue weighted by Crippen LogP contribution is 2.03. The summed E-state index contributed by atoms with van der Waals surface area (Å²) >= 11 is 5.07. The van der Waals surface area contributed by atoms with Crippen LogP contribution in [0.25, 0.3) is 0 Å².